The van der Waals surface area contributed by atoms with Crippen molar-refractivity contribution < 1.29 is 14.4 Å². The van der Waals surface area contributed by atoms with Crippen molar-refractivity contribution in [2.45, 2.75) is 37.4 Å². The molecule has 0 saturated carbocycles. The normalized spacial score (nSPS) is 13.7. The number of carbonyl (C=O) groups is 3. The van der Waals surface area contributed by atoms with Crippen LogP contribution >= 0.6 is 12.6 Å². The van der Waals surface area contributed by atoms with Crippen LogP contribution in [-0.2, 0) is 20.8 Å². The molecule has 1 heterocycles. The molecule has 0 aliphatic rings. The predicted molar refractivity (Wildman–Crippen MR) is 127 cm³/mol. The van der Waals surface area contributed by atoms with Crippen LogP contribution in [0.5, 0.6) is 0 Å². The molecule has 0 aliphatic carbocycles. The minimum absolute atomic E-state index is 0.0269. The molecule has 12 heteroatoms. The van der Waals surface area contributed by atoms with Gasteiger partial charge in [0, 0.05) is 35.8 Å². The predicted octanol–water partition coefficient (Wildman–Crippen LogP) is -1.52. The van der Waals surface area contributed by atoms with Gasteiger partial charge in [0.05, 0.1) is 6.04 Å². The van der Waals surface area contributed by atoms with Gasteiger partial charge in [0.1, 0.15) is 12.1 Å². The number of para-hydroxylation sites is 1. The molecule has 2 aromatic rings. The molecule has 3 amide bonds. The Morgan fingerprint density at radius 2 is 1.75 bits per heavy atom. The molecule has 174 valence electrons. The number of fused-ring (bicyclic) bond motifs is 1. The topological polar surface area (TPSA) is 208 Å². The summed E-state index contributed by atoms with van der Waals surface area (Å²) < 4.78 is 0. The van der Waals surface area contributed by atoms with Gasteiger partial charge in [0.2, 0.25) is 17.7 Å². The fraction of sp³-hybridized carbons (Fsp3) is 0.400. The second-order valence-corrected chi connectivity index (χ2v) is 7.69. The molecular formula is C20H30N8O3S. The number of aliphatic imine (C=N–C) groups is 1. The SMILES string of the molecule is NC(=O)[C@H](CS)NC(=O)[C@H](Cc1c[nH]c2ccccc12)NC(=O)[C@@H](N)CCCN=C(N)N. The Morgan fingerprint density at radius 1 is 1.06 bits per heavy atom. The van der Waals surface area contributed by atoms with E-state index in [4.69, 9.17) is 22.9 Å². The number of hydrogen-bond donors (Lipinski definition) is 8. The third-order valence-electron chi connectivity index (χ3n) is 4.88. The smallest absolute Gasteiger partial charge is 0.243 e. The summed E-state index contributed by atoms with van der Waals surface area (Å²) in [7, 11) is 0. The zero-order chi connectivity index (χ0) is 23.7. The van der Waals surface area contributed by atoms with Crippen molar-refractivity contribution in [1.82, 2.24) is 15.6 Å². The summed E-state index contributed by atoms with van der Waals surface area (Å²) in [4.78, 5) is 44.1. The molecule has 1 aromatic carbocycles. The van der Waals surface area contributed by atoms with Gasteiger partial charge in [0.25, 0.3) is 0 Å². The quantitative estimate of drug-likeness (QED) is 0.0812. The first kappa shape index (κ1) is 25.0. The number of thiol groups is 1. The number of hydrogen-bond acceptors (Lipinski definition) is 6. The van der Waals surface area contributed by atoms with Crippen LogP contribution < -0.4 is 33.6 Å². The molecule has 0 aliphatic heterocycles. The largest absolute Gasteiger partial charge is 0.370 e. The van der Waals surface area contributed by atoms with Gasteiger partial charge >= 0.3 is 0 Å². The summed E-state index contributed by atoms with van der Waals surface area (Å²) in [5.74, 6) is -1.79. The number of H-pyrrole nitrogens is 1. The number of amides is 3. The van der Waals surface area contributed by atoms with Gasteiger partial charge in [-0.2, -0.15) is 12.6 Å². The molecule has 11 N–H and O–H groups in total. The van der Waals surface area contributed by atoms with E-state index in [0.29, 0.717) is 19.4 Å². The molecule has 1 aromatic heterocycles. The van der Waals surface area contributed by atoms with Crippen LogP contribution in [0.25, 0.3) is 10.9 Å². The zero-order valence-electron chi connectivity index (χ0n) is 17.6. The average Bonchev–Trinajstić information content (AvgIpc) is 3.16. The van der Waals surface area contributed by atoms with Crippen molar-refractivity contribution in [3.63, 3.8) is 0 Å². The van der Waals surface area contributed by atoms with Crippen molar-refractivity contribution in [2.75, 3.05) is 12.3 Å². The Balaban J connectivity index is 2.14. The molecule has 3 atom stereocenters. The summed E-state index contributed by atoms with van der Waals surface area (Å²) in [5.41, 5.74) is 23.6. The molecule has 0 spiro atoms. The lowest BCUT2D eigenvalue weighted by Crippen LogP contribution is -2.56. The van der Waals surface area contributed by atoms with E-state index in [9.17, 15) is 14.4 Å². The molecule has 11 nitrogen and oxygen atoms in total. The number of nitrogens with zero attached hydrogens (tertiary/aromatic N) is 1. The molecule has 0 bridgehead atoms. The van der Waals surface area contributed by atoms with Crippen molar-refractivity contribution in [3.05, 3.63) is 36.0 Å². The summed E-state index contributed by atoms with van der Waals surface area (Å²) in [6.07, 6.45) is 2.77. The highest BCUT2D eigenvalue weighted by molar-refractivity contribution is 7.80. The molecule has 0 unspecified atom stereocenters. The van der Waals surface area contributed by atoms with Crippen LogP contribution in [0.2, 0.25) is 0 Å². The number of aromatic amines is 1. The van der Waals surface area contributed by atoms with Gasteiger partial charge in [-0.1, -0.05) is 18.2 Å². The number of carbonyl (C=O) groups excluding carboxylic acids is 3. The molecule has 2 rings (SSSR count). The number of guanidine groups is 1. The fourth-order valence-corrected chi connectivity index (χ4v) is 3.41. The maximum Gasteiger partial charge on any atom is 0.243 e. The van der Waals surface area contributed by atoms with Gasteiger partial charge < -0.3 is 38.6 Å². The third kappa shape index (κ3) is 7.17. The van der Waals surface area contributed by atoms with E-state index in [1.807, 2.05) is 24.3 Å². The lowest BCUT2D eigenvalue weighted by molar-refractivity contribution is -0.131. The maximum absolute atomic E-state index is 12.9. The Morgan fingerprint density at radius 3 is 2.41 bits per heavy atom. The third-order valence-corrected chi connectivity index (χ3v) is 5.24. The van der Waals surface area contributed by atoms with Crippen molar-refractivity contribution in [1.29, 1.82) is 0 Å². The van der Waals surface area contributed by atoms with Crippen molar-refractivity contribution in [3.8, 4) is 0 Å². The van der Waals surface area contributed by atoms with Crippen LogP contribution in [0.15, 0.2) is 35.5 Å². The van der Waals surface area contributed by atoms with Crippen LogP contribution in [0, 0.1) is 0 Å². The second kappa shape index (κ2) is 12.0. The second-order valence-electron chi connectivity index (χ2n) is 7.33. The van der Waals surface area contributed by atoms with Crippen LogP contribution in [-0.4, -0.2) is 59.1 Å². The zero-order valence-corrected chi connectivity index (χ0v) is 18.5. The first-order valence-corrected chi connectivity index (χ1v) is 10.7. The molecule has 0 fully saturated rings. The molecular weight excluding hydrogens is 432 g/mol. The number of aromatic nitrogens is 1. The number of rotatable bonds is 12. The Bertz CT molecular complexity index is 973. The number of benzene rings is 1. The lowest BCUT2D eigenvalue weighted by atomic mass is 10.0. The Labute approximate surface area is 191 Å². The van der Waals surface area contributed by atoms with E-state index in [1.54, 1.807) is 6.20 Å². The minimum Gasteiger partial charge on any atom is -0.370 e. The summed E-state index contributed by atoms with van der Waals surface area (Å²) >= 11 is 4.04. The average molecular weight is 463 g/mol. The van der Waals surface area contributed by atoms with Gasteiger partial charge in [-0.05, 0) is 24.5 Å². The standard InChI is InChI=1S/C20H30N8O3S/c21-13(5-3-7-25-20(23)24)18(30)27-15(19(31)28-16(10-32)17(22)29)8-11-9-26-14-6-2-1-4-12(11)14/h1-2,4,6,9,13,15-16,26,32H,3,5,7-8,10,21H2,(H2,22,29)(H,27,30)(H,28,31)(H4,23,24,25)/t13-,15-,16-/m0/s1. The van der Waals surface area contributed by atoms with E-state index in [-0.39, 0.29) is 18.1 Å². The summed E-state index contributed by atoms with van der Waals surface area (Å²) in [5, 5.41) is 6.14. The van der Waals surface area contributed by atoms with Crippen molar-refractivity contribution >= 4 is 47.2 Å². The Hall–Kier alpha value is -3.25. The van der Waals surface area contributed by atoms with E-state index in [2.05, 4.69) is 33.2 Å². The number of primary amides is 1. The highest BCUT2D eigenvalue weighted by atomic mass is 32.1. The van der Waals surface area contributed by atoms with Crippen LogP contribution in [0.3, 0.4) is 0 Å². The number of nitrogens with two attached hydrogens (primary N) is 4. The monoisotopic (exact) mass is 462 g/mol. The van der Waals surface area contributed by atoms with E-state index >= 15 is 0 Å². The lowest BCUT2D eigenvalue weighted by Gasteiger charge is -2.22. The van der Waals surface area contributed by atoms with Gasteiger partial charge in [-0.25, -0.2) is 0 Å². The van der Waals surface area contributed by atoms with Crippen LogP contribution in [0.4, 0.5) is 0 Å². The van der Waals surface area contributed by atoms with Crippen LogP contribution in [0.1, 0.15) is 18.4 Å². The minimum atomic E-state index is -0.979. The molecule has 0 radical (unpaired) electrons. The molecule has 32 heavy (non-hydrogen) atoms. The molecule has 0 saturated heterocycles. The van der Waals surface area contributed by atoms with E-state index in [1.165, 1.54) is 0 Å². The van der Waals surface area contributed by atoms with Gasteiger partial charge in [0.15, 0.2) is 5.96 Å². The van der Waals surface area contributed by atoms with Gasteiger partial charge in [-0.15, -0.1) is 0 Å². The maximum atomic E-state index is 12.9. The Kier molecular flexibility index (Phi) is 9.35. The fourth-order valence-electron chi connectivity index (χ4n) is 3.14. The summed E-state index contributed by atoms with van der Waals surface area (Å²) in [6.45, 7) is 0.338. The van der Waals surface area contributed by atoms with Gasteiger partial charge in [-0.3, -0.25) is 19.4 Å². The van der Waals surface area contributed by atoms with Crippen molar-refractivity contribution in [2.24, 2.45) is 27.9 Å². The first-order chi connectivity index (χ1) is 15.2. The highest BCUT2D eigenvalue weighted by Gasteiger charge is 2.27. The van der Waals surface area contributed by atoms with E-state index < -0.39 is 35.8 Å². The number of nitrogens with one attached hydrogen (secondary N) is 3. The highest BCUT2D eigenvalue weighted by Crippen LogP contribution is 2.19. The first-order valence-electron chi connectivity index (χ1n) is 10.1. The van der Waals surface area contributed by atoms with E-state index in [0.717, 1.165) is 16.5 Å². The summed E-state index contributed by atoms with van der Waals surface area (Å²) in [6, 6.07) is 4.77.